The molecule has 2 unspecified atom stereocenters. The third-order valence-electron chi connectivity index (χ3n) is 3.44. The lowest BCUT2D eigenvalue weighted by Crippen LogP contribution is -2.29. The van der Waals surface area contributed by atoms with Crippen molar-refractivity contribution in [3.8, 4) is 0 Å². The second-order valence-corrected chi connectivity index (χ2v) is 5.25. The van der Waals surface area contributed by atoms with Gasteiger partial charge < -0.3 is 15.9 Å². The first-order valence-electron chi connectivity index (χ1n) is 7.19. The lowest BCUT2D eigenvalue weighted by Gasteiger charge is -2.21. The van der Waals surface area contributed by atoms with Crippen LogP contribution in [0.25, 0.3) is 0 Å². The zero-order valence-electron chi connectivity index (χ0n) is 11.6. The summed E-state index contributed by atoms with van der Waals surface area (Å²) < 4.78 is 0. The SMILES string of the molecule is CCCCCCCCCC(CC(O)O)C(C)N. The van der Waals surface area contributed by atoms with Gasteiger partial charge in [-0.2, -0.15) is 0 Å². The molecule has 17 heavy (non-hydrogen) atoms. The lowest BCUT2D eigenvalue weighted by molar-refractivity contribution is -0.0585. The smallest absolute Gasteiger partial charge is 0.151 e. The summed E-state index contributed by atoms with van der Waals surface area (Å²) >= 11 is 0. The Kier molecular flexibility index (Phi) is 10.9. The second kappa shape index (κ2) is 11.0. The number of unbranched alkanes of at least 4 members (excludes halogenated alkanes) is 6. The Morgan fingerprint density at radius 2 is 1.47 bits per heavy atom. The molecule has 0 aliphatic carbocycles. The van der Waals surface area contributed by atoms with Gasteiger partial charge in [0.2, 0.25) is 0 Å². The Bertz CT molecular complexity index is 160. The summed E-state index contributed by atoms with van der Waals surface area (Å²) in [7, 11) is 0. The molecule has 104 valence electrons. The van der Waals surface area contributed by atoms with Gasteiger partial charge in [-0.3, -0.25) is 0 Å². The van der Waals surface area contributed by atoms with Gasteiger partial charge in [-0.05, 0) is 19.3 Å². The molecule has 0 radical (unpaired) electrons. The van der Waals surface area contributed by atoms with E-state index in [0.29, 0.717) is 6.42 Å². The number of rotatable bonds is 11. The summed E-state index contributed by atoms with van der Waals surface area (Å²) in [4.78, 5) is 0. The first-order valence-corrected chi connectivity index (χ1v) is 7.19. The van der Waals surface area contributed by atoms with Crippen LogP contribution in [0, 0.1) is 5.92 Å². The molecule has 0 aliphatic rings. The fourth-order valence-electron chi connectivity index (χ4n) is 2.23. The molecule has 0 aromatic carbocycles. The molecule has 0 aromatic heterocycles. The van der Waals surface area contributed by atoms with Crippen LogP contribution in [0.3, 0.4) is 0 Å². The van der Waals surface area contributed by atoms with Crippen LogP contribution in [-0.2, 0) is 0 Å². The fraction of sp³-hybridized carbons (Fsp3) is 1.00. The quantitative estimate of drug-likeness (QED) is 0.387. The molecule has 0 aromatic rings. The predicted octanol–water partition coefficient (Wildman–Crippen LogP) is 2.79. The van der Waals surface area contributed by atoms with E-state index in [1.165, 1.54) is 38.5 Å². The van der Waals surface area contributed by atoms with Gasteiger partial charge in [0.25, 0.3) is 0 Å². The van der Waals surface area contributed by atoms with E-state index in [1.807, 2.05) is 6.92 Å². The standard InChI is InChI=1S/C14H31NO2/c1-3-4-5-6-7-8-9-10-13(12(2)15)11-14(16)17/h12-14,16-17H,3-11,15H2,1-2H3. The van der Waals surface area contributed by atoms with E-state index in [1.54, 1.807) is 0 Å². The van der Waals surface area contributed by atoms with Crippen molar-refractivity contribution in [1.82, 2.24) is 0 Å². The van der Waals surface area contributed by atoms with E-state index in [2.05, 4.69) is 6.92 Å². The molecule has 0 aliphatic heterocycles. The molecule has 0 fully saturated rings. The molecule has 0 spiro atoms. The fourth-order valence-corrected chi connectivity index (χ4v) is 2.23. The van der Waals surface area contributed by atoms with Gasteiger partial charge in [0.05, 0.1) is 0 Å². The monoisotopic (exact) mass is 245 g/mol. The molecule has 3 heteroatoms. The Balaban J connectivity index is 3.48. The van der Waals surface area contributed by atoms with Crippen LogP contribution < -0.4 is 5.73 Å². The summed E-state index contributed by atoms with van der Waals surface area (Å²) in [6.45, 7) is 4.18. The Morgan fingerprint density at radius 3 is 1.94 bits per heavy atom. The van der Waals surface area contributed by atoms with Gasteiger partial charge in [0.1, 0.15) is 0 Å². The molecule has 0 saturated heterocycles. The summed E-state index contributed by atoms with van der Waals surface area (Å²) in [6.07, 6.45) is 9.24. The maximum atomic E-state index is 8.97. The minimum Gasteiger partial charge on any atom is -0.368 e. The van der Waals surface area contributed by atoms with Crippen LogP contribution in [-0.4, -0.2) is 22.5 Å². The normalized spacial score (nSPS) is 15.2. The van der Waals surface area contributed by atoms with Gasteiger partial charge >= 0.3 is 0 Å². The topological polar surface area (TPSA) is 66.5 Å². The van der Waals surface area contributed by atoms with Crippen LogP contribution >= 0.6 is 0 Å². The average Bonchev–Trinajstić information content (AvgIpc) is 2.25. The number of hydrogen-bond acceptors (Lipinski definition) is 3. The zero-order chi connectivity index (χ0) is 13.1. The first-order chi connectivity index (χ1) is 8.07. The Hall–Kier alpha value is -0.120. The van der Waals surface area contributed by atoms with E-state index in [-0.39, 0.29) is 12.0 Å². The highest BCUT2D eigenvalue weighted by molar-refractivity contribution is 4.69. The highest BCUT2D eigenvalue weighted by Gasteiger charge is 2.16. The highest BCUT2D eigenvalue weighted by Crippen LogP contribution is 2.19. The second-order valence-electron chi connectivity index (χ2n) is 5.25. The van der Waals surface area contributed by atoms with Gasteiger partial charge in [-0.25, -0.2) is 0 Å². The van der Waals surface area contributed by atoms with Crippen LogP contribution in [0.2, 0.25) is 0 Å². The van der Waals surface area contributed by atoms with Crippen LogP contribution in [0.4, 0.5) is 0 Å². The minimum absolute atomic E-state index is 0.0527. The van der Waals surface area contributed by atoms with Gasteiger partial charge in [0, 0.05) is 12.5 Å². The van der Waals surface area contributed by atoms with Crippen molar-refractivity contribution < 1.29 is 10.2 Å². The molecule has 0 amide bonds. The molecule has 4 N–H and O–H groups in total. The third kappa shape index (κ3) is 10.7. The zero-order valence-corrected chi connectivity index (χ0v) is 11.6. The summed E-state index contributed by atoms with van der Waals surface area (Å²) in [5, 5.41) is 17.9. The molecular weight excluding hydrogens is 214 g/mol. The van der Waals surface area contributed by atoms with Crippen LogP contribution in [0.15, 0.2) is 0 Å². The Morgan fingerprint density at radius 1 is 0.941 bits per heavy atom. The van der Waals surface area contributed by atoms with Crippen LogP contribution in [0.5, 0.6) is 0 Å². The van der Waals surface area contributed by atoms with E-state index < -0.39 is 6.29 Å². The van der Waals surface area contributed by atoms with Gasteiger partial charge in [0.15, 0.2) is 6.29 Å². The van der Waals surface area contributed by atoms with E-state index >= 15 is 0 Å². The van der Waals surface area contributed by atoms with Crippen molar-refractivity contribution in [3.05, 3.63) is 0 Å². The largest absolute Gasteiger partial charge is 0.368 e. The number of aliphatic hydroxyl groups is 2. The molecule has 0 saturated carbocycles. The average molecular weight is 245 g/mol. The maximum absolute atomic E-state index is 8.97. The van der Waals surface area contributed by atoms with Gasteiger partial charge in [-0.1, -0.05) is 51.9 Å². The first kappa shape index (κ1) is 16.9. The predicted molar refractivity (Wildman–Crippen MR) is 72.6 cm³/mol. The number of nitrogens with two attached hydrogens (primary N) is 1. The van der Waals surface area contributed by atoms with Crippen molar-refractivity contribution >= 4 is 0 Å². The van der Waals surface area contributed by atoms with E-state index in [4.69, 9.17) is 15.9 Å². The van der Waals surface area contributed by atoms with Crippen molar-refractivity contribution in [3.63, 3.8) is 0 Å². The Labute approximate surface area is 106 Å². The minimum atomic E-state index is -1.21. The van der Waals surface area contributed by atoms with Crippen molar-refractivity contribution in [2.75, 3.05) is 0 Å². The van der Waals surface area contributed by atoms with Crippen molar-refractivity contribution in [1.29, 1.82) is 0 Å². The third-order valence-corrected chi connectivity index (χ3v) is 3.44. The lowest BCUT2D eigenvalue weighted by atomic mass is 9.91. The van der Waals surface area contributed by atoms with Crippen molar-refractivity contribution in [2.24, 2.45) is 11.7 Å². The van der Waals surface area contributed by atoms with Crippen molar-refractivity contribution in [2.45, 2.75) is 84.0 Å². The highest BCUT2D eigenvalue weighted by atomic mass is 16.5. The van der Waals surface area contributed by atoms with Gasteiger partial charge in [-0.15, -0.1) is 0 Å². The summed E-state index contributed by atoms with van der Waals surface area (Å²) in [5.41, 5.74) is 5.84. The molecule has 2 atom stereocenters. The molecule has 0 rings (SSSR count). The number of aliphatic hydroxyl groups excluding tert-OH is 1. The molecular formula is C14H31NO2. The molecule has 3 nitrogen and oxygen atoms in total. The van der Waals surface area contributed by atoms with E-state index in [9.17, 15) is 0 Å². The summed E-state index contributed by atoms with van der Waals surface area (Å²) in [5.74, 6) is 0.241. The molecule has 0 heterocycles. The maximum Gasteiger partial charge on any atom is 0.151 e. The van der Waals surface area contributed by atoms with E-state index in [0.717, 1.165) is 12.8 Å². The molecule has 0 bridgehead atoms. The number of hydrogen-bond donors (Lipinski definition) is 3. The van der Waals surface area contributed by atoms with Crippen LogP contribution in [0.1, 0.15) is 71.6 Å². The summed E-state index contributed by atoms with van der Waals surface area (Å²) in [6, 6.07) is 0.0527.